The Bertz CT molecular complexity index is 596. The van der Waals surface area contributed by atoms with Gasteiger partial charge in [0.1, 0.15) is 12.4 Å². The first-order valence-corrected chi connectivity index (χ1v) is 6.42. The highest BCUT2D eigenvalue weighted by molar-refractivity contribution is 5.80. The molecule has 1 fully saturated rings. The molecule has 1 saturated carbocycles. The zero-order valence-corrected chi connectivity index (χ0v) is 10.8. The molecule has 3 N–H and O–H groups in total. The van der Waals surface area contributed by atoms with Gasteiger partial charge in [-0.2, -0.15) is 0 Å². The number of aliphatic hydroxyl groups excluding tert-OH is 1. The maximum Gasteiger partial charge on any atom is 0.136 e. The van der Waals surface area contributed by atoms with Crippen molar-refractivity contribution in [2.45, 2.75) is 38.8 Å². The summed E-state index contributed by atoms with van der Waals surface area (Å²) in [6.45, 7) is 4.41. The minimum absolute atomic E-state index is 0.00291. The molecule has 1 aliphatic rings. The third-order valence-corrected chi connectivity index (χ3v) is 4.04. The molecule has 0 radical (unpaired) electrons. The lowest BCUT2D eigenvalue weighted by Crippen LogP contribution is -2.30. The second kappa shape index (κ2) is 3.72. The molecule has 4 heteroatoms. The smallest absolute Gasteiger partial charge is 0.136 e. The molecule has 2 aromatic rings. The molecule has 96 valence electrons. The summed E-state index contributed by atoms with van der Waals surface area (Å²) in [5.74, 6) is 1.41. The van der Waals surface area contributed by atoms with Gasteiger partial charge < -0.3 is 15.4 Å². The van der Waals surface area contributed by atoms with E-state index in [0.29, 0.717) is 11.6 Å². The lowest BCUT2D eigenvalue weighted by atomic mass is 9.97. The van der Waals surface area contributed by atoms with E-state index in [9.17, 15) is 5.11 Å². The number of hydrogen-bond donors (Lipinski definition) is 2. The van der Waals surface area contributed by atoms with Crippen molar-refractivity contribution < 1.29 is 5.11 Å². The van der Waals surface area contributed by atoms with Gasteiger partial charge in [-0.05, 0) is 50.8 Å². The highest BCUT2D eigenvalue weighted by Crippen LogP contribution is 2.45. The van der Waals surface area contributed by atoms with Crippen LogP contribution in [0.3, 0.4) is 0 Å². The molecule has 1 heterocycles. The number of aromatic nitrogens is 2. The summed E-state index contributed by atoms with van der Waals surface area (Å²) >= 11 is 0. The molecular formula is C14H19N3O. The van der Waals surface area contributed by atoms with Crippen molar-refractivity contribution in [1.29, 1.82) is 0 Å². The maximum atomic E-state index is 9.54. The third-order valence-electron chi connectivity index (χ3n) is 4.04. The SMILES string of the molecule is CC(C)(C1CC1)n1c(CO)nc2cc(N)ccc21. The second-order valence-corrected chi connectivity index (χ2v) is 5.70. The van der Waals surface area contributed by atoms with E-state index in [4.69, 9.17) is 5.73 Å². The number of rotatable bonds is 3. The predicted octanol–water partition coefficient (Wildman–Crippen LogP) is 2.26. The van der Waals surface area contributed by atoms with Gasteiger partial charge >= 0.3 is 0 Å². The van der Waals surface area contributed by atoms with Crippen molar-refractivity contribution in [3.8, 4) is 0 Å². The van der Waals surface area contributed by atoms with Crippen LogP contribution < -0.4 is 5.73 Å². The molecular weight excluding hydrogens is 226 g/mol. The quantitative estimate of drug-likeness (QED) is 0.815. The molecule has 1 aliphatic carbocycles. The monoisotopic (exact) mass is 245 g/mol. The van der Waals surface area contributed by atoms with Gasteiger partial charge in [-0.3, -0.25) is 0 Å². The van der Waals surface area contributed by atoms with E-state index in [1.165, 1.54) is 12.8 Å². The summed E-state index contributed by atoms with van der Waals surface area (Å²) in [7, 11) is 0. The molecule has 0 unspecified atom stereocenters. The molecule has 1 aromatic heterocycles. The van der Waals surface area contributed by atoms with E-state index in [2.05, 4.69) is 23.4 Å². The Morgan fingerprint density at radius 2 is 2.17 bits per heavy atom. The van der Waals surface area contributed by atoms with Crippen LogP contribution in [0.5, 0.6) is 0 Å². The number of nitrogens with zero attached hydrogens (tertiary/aromatic N) is 2. The van der Waals surface area contributed by atoms with Crippen molar-refractivity contribution in [3.63, 3.8) is 0 Å². The first-order valence-electron chi connectivity index (χ1n) is 6.42. The van der Waals surface area contributed by atoms with Crippen LogP contribution in [0.25, 0.3) is 11.0 Å². The zero-order chi connectivity index (χ0) is 12.9. The number of hydrogen-bond acceptors (Lipinski definition) is 3. The van der Waals surface area contributed by atoms with Crippen molar-refractivity contribution >= 4 is 16.7 Å². The van der Waals surface area contributed by atoms with Gasteiger partial charge in [-0.15, -0.1) is 0 Å². The van der Waals surface area contributed by atoms with Gasteiger partial charge in [-0.25, -0.2) is 4.98 Å². The van der Waals surface area contributed by atoms with Gasteiger partial charge in [0.05, 0.1) is 11.0 Å². The number of aliphatic hydroxyl groups is 1. The number of imidazole rings is 1. The maximum absolute atomic E-state index is 9.54. The minimum Gasteiger partial charge on any atom is -0.399 e. The molecule has 0 spiro atoms. The van der Waals surface area contributed by atoms with Crippen molar-refractivity contribution in [2.75, 3.05) is 5.73 Å². The summed E-state index contributed by atoms with van der Waals surface area (Å²) in [5.41, 5.74) is 8.43. The van der Waals surface area contributed by atoms with E-state index in [1.807, 2.05) is 18.2 Å². The first-order chi connectivity index (χ1) is 8.54. The highest BCUT2D eigenvalue weighted by Gasteiger charge is 2.40. The van der Waals surface area contributed by atoms with Crippen LogP contribution in [0.15, 0.2) is 18.2 Å². The molecule has 3 rings (SSSR count). The lowest BCUT2D eigenvalue weighted by molar-refractivity contribution is 0.235. The van der Waals surface area contributed by atoms with Crippen molar-refractivity contribution in [3.05, 3.63) is 24.0 Å². The molecule has 0 aliphatic heterocycles. The number of nitrogen functional groups attached to an aromatic ring is 1. The normalized spacial score (nSPS) is 16.4. The Labute approximate surface area is 106 Å². The van der Waals surface area contributed by atoms with Crippen molar-refractivity contribution in [1.82, 2.24) is 9.55 Å². The van der Waals surface area contributed by atoms with Crippen LogP contribution >= 0.6 is 0 Å². The lowest BCUT2D eigenvalue weighted by Gasteiger charge is -2.29. The Kier molecular flexibility index (Phi) is 2.38. The average molecular weight is 245 g/mol. The molecule has 4 nitrogen and oxygen atoms in total. The van der Waals surface area contributed by atoms with Crippen LogP contribution in [0.2, 0.25) is 0 Å². The molecule has 0 bridgehead atoms. The van der Waals surface area contributed by atoms with Crippen molar-refractivity contribution in [2.24, 2.45) is 5.92 Å². The summed E-state index contributed by atoms with van der Waals surface area (Å²) in [6, 6.07) is 5.76. The summed E-state index contributed by atoms with van der Waals surface area (Å²) < 4.78 is 2.18. The molecule has 18 heavy (non-hydrogen) atoms. The van der Waals surface area contributed by atoms with Crippen LogP contribution in [-0.2, 0) is 12.1 Å². The molecule has 0 amide bonds. The van der Waals surface area contributed by atoms with Gasteiger partial charge in [0.15, 0.2) is 0 Å². The predicted molar refractivity (Wildman–Crippen MR) is 72.1 cm³/mol. The van der Waals surface area contributed by atoms with Gasteiger partial charge in [0, 0.05) is 11.2 Å². The third kappa shape index (κ3) is 1.60. The molecule has 0 saturated heterocycles. The first kappa shape index (κ1) is 11.5. The Morgan fingerprint density at radius 3 is 2.78 bits per heavy atom. The fraction of sp³-hybridized carbons (Fsp3) is 0.500. The topological polar surface area (TPSA) is 64.1 Å². The molecule has 0 atom stereocenters. The Balaban J connectivity index is 2.25. The van der Waals surface area contributed by atoms with Gasteiger partial charge in [-0.1, -0.05) is 0 Å². The zero-order valence-electron chi connectivity index (χ0n) is 10.8. The van der Waals surface area contributed by atoms with E-state index >= 15 is 0 Å². The van der Waals surface area contributed by atoms with E-state index < -0.39 is 0 Å². The summed E-state index contributed by atoms with van der Waals surface area (Å²) in [4.78, 5) is 4.50. The van der Waals surface area contributed by atoms with Crippen LogP contribution in [0, 0.1) is 5.92 Å². The molecule has 1 aromatic carbocycles. The standard InChI is InChI=1S/C14H19N3O/c1-14(2,9-3-4-9)17-12-6-5-10(15)7-11(12)16-13(17)8-18/h5-7,9,18H,3-4,8,15H2,1-2H3. The number of fused-ring (bicyclic) bond motifs is 1. The van der Waals surface area contributed by atoms with Gasteiger partial charge in [0.25, 0.3) is 0 Å². The summed E-state index contributed by atoms with van der Waals surface area (Å²) in [6.07, 6.45) is 2.51. The van der Waals surface area contributed by atoms with Crippen LogP contribution in [0.1, 0.15) is 32.5 Å². The average Bonchev–Trinajstić information content (AvgIpc) is 3.10. The largest absolute Gasteiger partial charge is 0.399 e. The van der Waals surface area contributed by atoms with E-state index in [-0.39, 0.29) is 12.1 Å². The number of nitrogens with two attached hydrogens (primary N) is 1. The fourth-order valence-corrected chi connectivity index (χ4v) is 2.87. The summed E-state index contributed by atoms with van der Waals surface area (Å²) in [5, 5.41) is 9.54. The number of benzene rings is 1. The Morgan fingerprint density at radius 1 is 1.44 bits per heavy atom. The number of anilines is 1. The minimum atomic E-state index is -0.0370. The van der Waals surface area contributed by atoms with Gasteiger partial charge in [0.2, 0.25) is 0 Å². The van der Waals surface area contributed by atoms with Crippen LogP contribution in [0.4, 0.5) is 5.69 Å². The highest BCUT2D eigenvalue weighted by atomic mass is 16.3. The Hall–Kier alpha value is -1.55. The fourth-order valence-electron chi connectivity index (χ4n) is 2.87. The van der Waals surface area contributed by atoms with E-state index in [0.717, 1.165) is 16.9 Å². The second-order valence-electron chi connectivity index (χ2n) is 5.70. The van der Waals surface area contributed by atoms with E-state index in [1.54, 1.807) is 0 Å². The van der Waals surface area contributed by atoms with Crippen LogP contribution in [-0.4, -0.2) is 14.7 Å².